The number of aromatic nitrogens is 1. The Balaban J connectivity index is 2.05. The van der Waals surface area contributed by atoms with E-state index in [4.69, 9.17) is 11.6 Å². The summed E-state index contributed by atoms with van der Waals surface area (Å²) in [4.78, 5) is 4.01. The Bertz CT molecular complexity index is 394. The summed E-state index contributed by atoms with van der Waals surface area (Å²) in [7, 11) is 0. The van der Waals surface area contributed by atoms with Gasteiger partial charge in [0.2, 0.25) is 0 Å². The fraction of sp³-hybridized carbons (Fsp3) is 0.667. The molecule has 0 spiro atoms. The topological polar surface area (TPSA) is 33.1 Å². The summed E-state index contributed by atoms with van der Waals surface area (Å²) in [5, 5.41) is 10.9. The monoisotopic (exact) mass is 267 g/mol. The lowest BCUT2D eigenvalue weighted by molar-refractivity contribution is 0.0378. The molecular weight excluding hydrogens is 246 g/mol. The Labute approximate surface area is 114 Å². The van der Waals surface area contributed by atoms with E-state index in [0.717, 1.165) is 42.2 Å². The van der Waals surface area contributed by atoms with E-state index in [-0.39, 0.29) is 6.10 Å². The molecule has 0 saturated heterocycles. The van der Waals surface area contributed by atoms with Crippen molar-refractivity contribution in [1.29, 1.82) is 0 Å². The Kier molecular flexibility index (Phi) is 4.63. The van der Waals surface area contributed by atoms with Crippen LogP contribution in [0.4, 0.5) is 0 Å². The van der Waals surface area contributed by atoms with Crippen LogP contribution in [0.1, 0.15) is 38.7 Å². The van der Waals surface area contributed by atoms with Gasteiger partial charge in [0, 0.05) is 12.4 Å². The first-order chi connectivity index (χ1) is 8.58. The van der Waals surface area contributed by atoms with Crippen LogP contribution < -0.4 is 0 Å². The number of rotatable bonds is 3. The van der Waals surface area contributed by atoms with E-state index in [9.17, 15) is 5.11 Å². The smallest absolute Gasteiger partial charge is 0.0621 e. The predicted octanol–water partition coefficient (Wildman–Crippen LogP) is 3.71. The molecule has 1 aromatic heterocycles. The molecule has 3 unspecified atom stereocenters. The molecule has 1 saturated carbocycles. The zero-order valence-electron chi connectivity index (χ0n) is 11.1. The number of aliphatic hydroxyl groups excluding tert-OH is 1. The molecular formula is C15H22ClNO. The second-order valence-electron chi connectivity index (χ2n) is 5.82. The quantitative estimate of drug-likeness (QED) is 0.906. The summed E-state index contributed by atoms with van der Waals surface area (Å²) in [6, 6.07) is 1.97. The van der Waals surface area contributed by atoms with Crippen LogP contribution in [0.15, 0.2) is 18.5 Å². The molecule has 0 radical (unpaired) electrons. The van der Waals surface area contributed by atoms with Crippen molar-refractivity contribution in [3.63, 3.8) is 0 Å². The molecule has 1 aromatic rings. The predicted molar refractivity (Wildman–Crippen MR) is 74.6 cm³/mol. The summed E-state index contributed by atoms with van der Waals surface area (Å²) in [6.07, 6.45) is 7.34. The van der Waals surface area contributed by atoms with Crippen LogP contribution in [0.5, 0.6) is 0 Å². The normalized spacial score (nSPS) is 28.6. The molecule has 0 aliphatic heterocycles. The third-order valence-electron chi connectivity index (χ3n) is 4.26. The van der Waals surface area contributed by atoms with E-state index < -0.39 is 0 Å². The highest BCUT2D eigenvalue weighted by Crippen LogP contribution is 2.36. The Morgan fingerprint density at radius 1 is 1.44 bits per heavy atom. The van der Waals surface area contributed by atoms with Crippen LogP contribution >= 0.6 is 11.6 Å². The molecule has 0 amide bonds. The van der Waals surface area contributed by atoms with E-state index in [1.165, 1.54) is 0 Å². The summed E-state index contributed by atoms with van der Waals surface area (Å²) in [5.74, 6) is 1.78. The van der Waals surface area contributed by atoms with Crippen molar-refractivity contribution in [2.45, 2.75) is 45.6 Å². The lowest BCUT2D eigenvalue weighted by atomic mass is 9.73. The van der Waals surface area contributed by atoms with Crippen molar-refractivity contribution in [2.24, 2.45) is 17.8 Å². The van der Waals surface area contributed by atoms with Crippen molar-refractivity contribution >= 4 is 11.6 Å². The maximum absolute atomic E-state index is 10.2. The molecule has 2 rings (SSSR count). The average Bonchev–Trinajstić information content (AvgIpc) is 2.34. The first kappa shape index (κ1) is 13.8. The van der Waals surface area contributed by atoms with Crippen LogP contribution in [-0.2, 0) is 6.42 Å². The van der Waals surface area contributed by atoms with E-state index >= 15 is 0 Å². The number of hydrogen-bond acceptors (Lipinski definition) is 2. The minimum absolute atomic E-state index is 0.177. The zero-order chi connectivity index (χ0) is 13.1. The van der Waals surface area contributed by atoms with Gasteiger partial charge in [0.05, 0.1) is 11.1 Å². The number of nitrogens with zero attached hydrogens (tertiary/aromatic N) is 1. The number of aliphatic hydroxyl groups is 1. The van der Waals surface area contributed by atoms with E-state index in [1.54, 1.807) is 12.4 Å². The highest BCUT2D eigenvalue weighted by atomic mass is 35.5. The van der Waals surface area contributed by atoms with E-state index in [1.807, 2.05) is 6.07 Å². The number of hydrogen-bond donors (Lipinski definition) is 1. The fourth-order valence-electron chi connectivity index (χ4n) is 2.96. The highest BCUT2D eigenvalue weighted by Gasteiger charge is 2.30. The lowest BCUT2D eigenvalue weighted by Crippen LogP contribution is -2.32. The van der Waals surface area contributed by atoms with Crippen LogP contribution in [-0.4, -0.2) is 16.2 Å². The molecule has 2 nitrogen and oxygen atoms in total. The van der Waals surface area contributed by atoms with Crippen molar-refractivity contribution in [3.8, 4) is 0 Å². The third-order valence-corrected chi connectivity index (χ3v) is 4.60. The number of halogens is 1. The second kappa shape index (κ2) is 6.03. The summed E-state index contributed by atoms with van der Waals surface area (Å²) >= 11 is 6.15. The third kappa shape index (κ3) is 3.24. The van der Waals surface area contributed by atoms with Gasteiger partial charge in [-0.05, 0) is 55.1 Å². The number of pyridine rings is 1. The van der Waals surface area contributed by atoms with Gasteiger partial charge in [-0.1, -0.05) is 25.4 Å². The maximum atomic E-state index is 10.2. The Hall–Kier alpha value is -0.600. The van der Waals surface area contributed by atoms with Crippen LogP contribution in [0, 0.1) is 17.8 Å². The maximum Gasteiger partial charge on any atom is 0.0621 e. The molecule has 1 heterocycles. The van der Waals surface area contributed by atoms with Crippen LogP contribution in [0.2, 0.25) is 5.02 Å². The zero-order valence-corrected chi connectivity index (χ0v) is 11.9. The Morgan fingerprint density at radius 2 is 2.22 bits per heavy atom. The van der Waals surface area contributed by atoms with Gasteiger partial charge in [-0.15, -0.1) is 0 Å². The van der Waals surface area contributed by atoms with Gasteiger partial charge in [-0.25, -0.2) is 0 Å². The van der Waals surface area contributed by atoms with Crippen LogP contribution in [0.25, 0.3) is 0 Å². The largest absolute Gasteiger partial charge is 0.393 e. The molecule has 18 heavy (non-hydrogen) atoms. The lowest BCUT2D eigenvalue weighted by Gasteiger charge is -2.35. The first-order valence-corrected chi connectivity index (χ1v) is 7.22. The molecule has 3 atom stereocenters. The minimum atomic E-state index is -0.177. The van der Waals surface area contributed by atoms with Gasteiger partial charge < -0.3 is 5.11 Å². The van der Waals surface area contributed by atoms with Crippen molar-refractivity contribution in [3.05, 3.63) is 29.0 Å². The highest BCUT2D eigenvalue weighted by molar-refractivity contribution is 6.31. The van der Waals surface area contributed by atoms with E-state index in [0.29, 0.717) is 11.8 Å². The van der Waals surface area contributed by atoms with Gasteiger partial charge in [-0.3, -0.25) is 4.98 Å². The molecule has 1 aliphatic rings. The van der Waals surface area contributed by atoms with Crippen molar-refractivity contribution < 1.29 is 5.11 Å². The molecule has 0 aromatic carbocycles. The second-order valence-corrected chi connectivity index (χ2v) is 6.22. The minimum Gasteiger partial charge on any atom is -0.393 e. The first-order valence-electron chi connectivity index (χ1n) is 6.84. The SMILES string of the molecule is CC(C)C1CCC(O)C(Cc2ccncc2Cl)C1. The van der Waals surface area contributed by atoms with Crippen molar-refractivity contribution in [1.82, 2.24) is 4.98 Å². The van der Waals surface area contributed by atoms with Gasteiger partial charge in [-0.2, -0.15) is 0 Å². The summed E-state index contributed by atoms with van der Waals surface area (Å²) in [6.45, 7) is 4.55. The molecule has 0 bridgehead atoms. The molecule has 1 N–H and O–H groups in total. The molecule has 1 aliphatic carbocycles. The van der Waals surface area contributed by atoms with Gasteiger partial charge in [0.25, 0.3) is 0 Å². The van der Waals surface area contributed by atoms with Gasteiger partial charge >= 0.3 is 0 Å². The van der Waals surface area contributed by atoms with Crippen molar-refractivity contribution in [2.75, 3.05) is 0 Å². The molecule has 3 heteroatoms. The summed E-state index contributed by atoms with van der Waals surface area (Å²) < 4.78 is 0. The Morgan fingerprint density at radius 3 is 2.89 bits per heavy atom. The van der Waals surface area contributed by atoms with Gasteiger partial charge in [0.1, 0.15) is 0 Å². The van der Waals surface area contributed by atoms with Crippen LogP contribution in [0.3, 0.4) is 0 Å². The fourth-order valence-corrected chi connectivity index (χ4v) is 3.16. The molecule has 100 valence electrons. The average molecular weight is 268 g/mol. The standard InChI is InChI=1S/C15H22ClNO/c1-10(2)11-3-4-15(18)13(7-11)8-12-5-6-17-9-14(12)16/h5-6,9-11,13,15,18H,3-4,7-8H2,1-2H3. The van der Waals surface area contributed by atoms with Gasteiger partial charge in [0.15, 0.2) is 0 Å². The summed E-state index contributed by atoms with van der Waals surface area (Å²) in [5.41, 5.74) is 1.11. The van der Waals surface area contributed by atoms with E-state index in [2.05, 4.69) is 18.8 Å². The molecule has 1 fully saturated rings.